The smallest absolute Gasteiger partial charge is 0.335 e. The van der Waals surface area contributed by atoms with Gasteiger partial charge in [-0.3, -0.25) is 0 Å². The second-order valence-corrected chi connectivity index (χ2v) is 4.97. The van der Waals surface area contributed by atoms with Crippen LogP contribution in [0.3, 0.4) is 0 Å². The molecule has 2 aromatic carbocycles. The number of halogens is 1. The van der Waals surface area contributed by atoms with Gasteiger partial charge in [-0.2, -0.15) is 0 Å². The second kappa shape index (κ2) is 5.42. The van der Waals surface area contributed by atoms with Crippen molar-refractivity contribution in [2.45, 2.75) is 0 Å². The molecule has 0 atom stereocenters. The van der Waals surface area contributed by atoms with Gasteiger partial charge in [-0.15, -0.1) is 0 Å². The molecule has 0 amide bonds. The van der Waals surface area contributed by atoms with Crippen LogP contribution in [0.15, 0.2) is 54.7 Å². The summed E-state index contributed by atoms with van der Waals surface area (Å²) in [5, 5.41) is 14.5. The molecular formula is C16H11ClN2O2. The number of rotatable bonds is 3. The third-order valence-corrected chi connectivity index (χ3v) is 3.33. The first-order chi connectivity index (χ1) is 10.1. The third kappa shape index (κ3) is 2.80. The van der Waals surface area contributed by atoms with Gasteiger partial charge in [0, 0.05) is 22.3 Å². The van der Waals surface area contributed by atoms with Gasteiger partial charge in [-0.1, -0.05) is 17.7 Å². The Hall–Kier alpha value is -2.59. The number of benzene rings is 2. The van der Waals surface area contributed by atoms with Crippen molar-refractivity contribution >= 4 is 39.8 Å². The maximum absolute atomic E-state index is 11.0. The normalized spacial score (nSPS) is 10.5. The molecule has 21 heavy (non-hydrogen) atoms. The van der Waals surface area contributed by atoms with Crippen LogP contribution in [0.4, 0.5) is 11.5 Å². The van der Waals surface area contributed by atoms with Gasteiger partial charge in [0.05, 0.1) is 5.56 Å². The predicted molar refractivity (Wildman–Crippen MR) is 83.4 cm³/mol. The van der Waals surface area contributed by atoms with Gasteiger partial charge < -0.3 is 10.4 Å². The van der Waals surface area contributed by atoms with E-state index < -0.39 is 5.97 Å². The molecule has 0 fully saturated rings. The van der Waals surface area contributed by atoms with Gasteiger partial charge >= 0.3 is 5.97 Å². The zero-order chi connectivity index (χ0) is 14.8. The second-order valence-electron chi connectivity index (χ2n) is 4.54. The summed E-state index contributed by atoms with van der Waals surface area (Å²) in [7, 11) is 0. The molecule has 2 N–H and O–H groups in total. The van der Waals surface area contributed by atoms with Crippen molar-refractivity contribution in [2.75, 3.05) is 5.32 Å². The fourth-order valence-electron chi connectivity index (χ4n) is 2.11. The summed E-state index contributed by atoms with van der Waals surface area (Å²) in [6.45, 7) is 0. The zero-order valence-corrected chi connectivity index (χ0v) is 11.6. The molecule has 0 saturated carbocycles. The van der Waals surface area contributed by atoms with E-state index in [2.05, 4.69) is 10.3 Å². The average Bonchev–Trinajstić information content (AvgIpc) is 2.47. The lowest BCUT2D eigenvalue weighted by Crippen LogP contribution is -1.98. The Bertz CT molecular complexity index is 833. The summed E-state index contributed by atoms with van der Waals surface area (Å²) in [5.74, 6) is -0.287. The molecule has 104 valence electrons. The van der Waals surface area contributed by atoms with E-state index in [-0.39, 0.29) is 5.56 Å². The summed E-state index contributed by atoms with van der Waals surface area (Å²) >= 11 is 5.96. The lowest BCUT2D eigenvalue weighted by Gasteiger charge is -2.09. The van der Waals surface area contributed by atoms with E-state index in [4.69, 9.17) is 16.7 Å². The van der Waals surface area contributed by atoms with Crippen LogP contribution in [0, 0.1) is 0 Å². The Kier molecular flexibility index (Phi) is 3.46. The summed E-state index contributed by atoms with van der Waals surface area (Å²) in [6.07, 6.45) is 1.64. The molecule has 4 nitrogen and oxygen atoms in total. The number of fused-ring (bicyclic) bond motifs is 1. The van der Waals surface area contributed by atoms with Gasteiger partial charge in [0.15, 0.2) is 0 Å². The van der Waals surface area contributed by atoms with Crippen molar-refractivity contribution < 1.29 is 9.90 Å². The van der Waals surface area contributed by atoms with E-state index in [1.807, 2.05) is 12.1 Å². The van der Waals surface area contributed by atoms with E-state index in [0.29, 0.717) is 10.8 Å². The number of nitrogens with zero attached hydrogens (tertiary/aromatic N) is 1. The number of hydrogen-bond acceptors (Lipinski definition) is 3. The molecule has 3 rings (SSSR count). The van der Waals surface area contributed by atoms with Gasteiger partial charge in [0.2, 0.25) is 0 Å². The zero-order valence-electron chi connectivity index (χ0n) is 10.9. The number of anilines is 2. The minimum Gasteiger partial charge on any atom is -0.478 e. The number of carboxylic acid groups (broad SMARTS) is 1. The van der Waals surface area contributed by atoms with Gasteiger partial charge in [0.1, 0.15) is 5.82 Å². The molecule has 0 saturated heterocycles. The highest BCUT2D eigenvalue weighted by Gasteiger charge is 2.07. The van der Waals surface area contributed by atoms with Crippen LogP contribution < -0.4 is 5.32 Å². The quantitative estimate of drug-likeness (QED) is 0.755. The summed E-state index contributed by atoms with van der Waals surface area (Å²) in [5.41, 5.74) is 1.08. The molecule has 3 aromatic rings. The molecule has 5 heteroatoms. The van der Waals surface area contributed by atoms with E-state index in [1.54, 1.807) is 42.6 Å². The van der Waals surface area contributed by atoms with Crippen molar-refractivity contribution in [3.8, 4) is 0 Å². The highest BCUT2D eigenvalue weighted by Crippen LogP contribution is 2.26. The molecule has 0 bridgehead atoms. The number of hydrogen-bond donors (Lipinski definition) is 2. The highest BCUT2D eigenvalue weighted by molar-refractivity contribution is 6.30. The average molecular weight is 299 g/mol. The topological polar surface area (TPSA) is 62.2 Å². The number of nitrogens with one attached hydrogen (secondary N) is 1. The number of aromatic nitrogens is 1. The number of carboxylic acids is 1. The van der Waals surface area contributed by atoms with E-state index >= 15 is 0 Å². The monoisotopic (exact) mass is 298 g/mol. The summed E-state index contributed by atoms with van der Waals surface area (Å²) < 4.78 is 0. The molecule has 0 aliphatic rings. The molecule has 1 heterocycles. The van der Waals surface area contributed by atoms with Crippen molar-refractivity contribution in [3.63, 3.8) is 0 Å². The fourth-order valence-corrected chi connectivity index (χ4v) is 2.30. The van der Waals surface area contributed by atoms with Crippen LogP contribution in [-0.2, 0) is 0 Å². The lowest BCUT2D eigenvalue weighted by atomic mass is 10.1. The summed E-state index contributed by atoms with van der Waals surface area (Å²) in [6, 6.07) is 14.0. The molecule has 0 aliphatic carbocycles. The molecule has 0 unspecified atom stereocenters. The van der Waals surface area contributed by atoms with E-state index in [9.17, 15) is 4.79 Å². The maximum atomic E-state index is 11.0. The van der Waals surface area contributed by atoms with Crippen molar-refractivity contribution in [1.82, 2.24) is 4.98 Å². The Morgan fingerprint density at radius 3 is 2.76 bits per heavy atom. The molecule has 0 aliphatic heterocycles. The molecule has 1 aromatic heterocycles. The lowest BCUT2D eigenvalue weighted by molar-refractivity contribution is 0.0697. The first-order valence-corrected chi connectivity index (χ1v) is 6.66. The molecular weight excluding hydrogens is 288 g/mol. The Morgan fingerprint density at radius 2 is 2.00 bits per heavy atom. The van der Waals surface area contributed by atoms with Crippen molar-refractivity contribution in [1.29, 1.82) is 0 Å². The van der Waals surface area contributed by atoms with E-state index in [0.717, 1.165) is 16.5 Å². The fraction of sp³-hybridized carbons (Fsp3) is 0. The van der Waals surface area contributed by atoms with Crippen LogP contribution in [0.25, 0.3) is 10.8 Å². The van der Waals surface area contributed by atoms with Crippen LogP contribution >= 0.6 is 11.6 Å². The Balaban J connectivity index is 2.05. The largest absolute Gasteiger partial charge is 0.478 e. The minimum atomic E-state index is -0.946. The Labute approximate surface area is 126 Å². The Morgan fingerprint density at radius 1 is 1.14 bits per heavy atom. The number of carbonyl (C=O) groups is 1. The number of aromatic carboxylic acids is 1. The number of pyridine rings is 1. The van der Waals surface area contributed by atoms with Crippen molar-refractivity contribution in [3.05, 3.63) is 65.3 Å². The summed E-state index contributed by atoms with van der Waals surface area (Å²) in [4.78, 5) is 15.3. The SMILES string of the molecule is O=C(O)c1ccc2c(Nc3cccc(Cl)c3)nccc2c1. The van der Waals surface area contributed by atoms with Gasteiger partial charge in [-0.05, 0) is 47.9 Å². The highest BCUT2D eigenvalue weighted by atomic mass is 35.5. The van der Waals surface area contributed by atoms with Gasteiger partial charge in [-0.25, -0.2) is 9.78 Å². The van der Waals surface area contributed by atoms with Crippen LogP contribution in [0.1, 0.15) is 10.4 Å². The van der Waals surface area contributed by atoms with Crippen LogP contribution in [0.2, 0.25) is 5.02 Å². The van der Waals surface area contributed by atoms with Gasteiger partial charge in [0.25, 0.3) is 0 Å². The minimum absolute atomic E-state index is 0.252. The third-order valence-electron chi connectivity index (χ3n) is 3.10. The molecule has 0 radical (unpaired) electrons. The van der Waals surface area contributed by atoms with Crippen molar-refractivity contribution in [2.24, 2.45) is 0 Å². The standard InChI is InChI=1S/C16H11ClN2O2/c17-12-2-1-3-13(9-12)19-15-14-5-4-11(16(20)21)8-10(14)6-7-18-15/h1-9H,(H,18,19)(H,20,21). The first-order valence-electron chi connectivity index (χ1n) is 6.28. The van der Waals surface area contributed by atoms with E-state index in [1.165, 1.54) is 0 Å². The first kappa shape index (κ1) is 13.4. The van der Waals surface area contributed by atoms with Crippen LogP contribution in [0.5, 0.6) is 0 Å². The predicted octanol–water partition coefficient (Wildman–Crippen LogP) is 4.33. The van der Waals surface area contributed by atoms with Crippen LogP contribution in [-0.4, -0.2) is 16.1 Å². The maximum Gasteiger partial charge on any atom is 0.335 e. The molecule has 0 spiro atoms.